The standard InChI is InChI=1S/C19H14N2O3S/c22-17(14-9-8-12-4-1-2-5-13(12)10-14)21-19(25)20-16-7-3-6-15(11-16)18(23)24/h1-11H,(H,23,24)(H2,20,21,22,25)/p-1. The fourth-order valence-corrected chi connectivity index (χ4v) is 2.60. The van der Waals surface area contributed by atoms with Crippen molar-refractivity contribution >= 4 is 45.7 Å². The first-order valence-electron chi connectivity index (χ1n) is 7.45. The van der Waals surface area contributed by atoms with E-state index in [0.29, 0.717) is 11.3 Å². The Morgan fingerprint density at radius 3 is 2.36 bits per heavy atom. The highest BCUT2D eigenvalue weighted by molar-refractivity contribution is 7.80. The molecule has 0 aliphatic heterocycles. The van der Waals surface area contributed by atoms with Crippen LogP contribution in [0.2, 0.25) is 0 Å². The van der Waals surface area contributed by atoms with Crippen molar-refractivity contribution in [3.63, 3.8) is 0 Å². The van der Waals surface area contributed by atoms with Gasteiger partial charge in [0.05, 0.1) is 5.97 Å². The Balaban J connectivity index is 1.70. The SMILES string of the molecule is O=C([O-])c1cccc(NC(=S)NC(=O)c2ccc3ccccc3c2)c1. The van der Waals surface area contributed by atoms with E-state index in [1.165, 1.54) is 12.1 Å². The second-order valence-corrected chi connectivity index (χ2v) is 5.75. The van der Waals surface area contributed by atoms with E-state index >= 15 is 0 Å². The van der Waals surface area contributed by atoms with Gasteiger partial charge in [0.15, 0.2) is 5.11 Å². The Morgan fingerprint density at radius 2 is 1.60 bits per heavy atom. The fraction of sp³-hybridized carbons (Fsp3) is 0. The average Bonchev–Trinajstić information content (AvgIpc) is 2.61. The van der Waals surface area contributed by atoms with Crippen LogP contribution in [0.4, 0.5) is 5.69 Å². The molecule has 3 aromatic carbocycles. The van der Waals surface area contributed by atoms with Crippen LogP contribution in [-0.2, 0) is 0 Å². The van der Waals surface area contributed by atoms with Gasteiger partial charge in [-0.15, -0.1) is 0 Å². The Morgan fingerprint density at radius 1 is 0.840 bits per heavy atom. The molecule has 0 saturated heterocycles. The molecule has 0 bridgehead atoms. The third-order valence-electron chi connectivity index (χ3n) is 3.59. The third kappa shape index (κ3) is 3.99. The number of hydrogen-bond donors (Lipinski definition) is 2. The summed E-state index contributed by atoms with van der Waals surface area (Å²) in [6, 6.07) is 19.1. The van der Waals surface area contributed by atoms with Crippen molar-refractivity contribution in [2.75, 3.05) is 5.32 Å². The second kappa shape index (κ2) is 7.11. The molecule has 124 valence electrons. The molecule has 0 aromatic heterocycles. The lowest BCUT2D eigenvalue weighted by Crippen LogP contribution is -2.34. The van der Waals surface area contributed by atoms with Crippen LogP contribution in [0.5, 0.6) is 0 Å². The number of aromatic carboxylic acids is 1. The zero-order chi connectivity index (χ0) is 17.8. The highest BCUT2D eigenvalue weighted by Crippen LogP contribution is 2.15. The van der Waals surface area contributed by atoms with Gasteiger partial charge in [-0.1, -0.05) is 42.5 Å². The molecule has 0 aliphatic rings. The van der Waals surface area contributed by atoms with E-state index in [1.54, 1.807) is 24.3 Å². The normalized spacial score (nSPS) is 10.2. The number of carbonyl (C=O) groups is 2. The predicted octanol–water partition coefficient (Wildman–Crippen LogP) is 2.33. The summed E-state index contributed by atoms with van der Waals surface area (Å²) < 4.78 is 0. The van der Waals surface area contributed by atoms with Gasteiger partial charge in [0, 0.05) is 11.3 Å². The van der Waals surface area contributed by atoms with Crippen LogP contribution in [0, 0.1) is 0 Å². The van der Waals surface area contributed by atoms with Crippen molar-refractivity contribution in [3.05, 3.63) is 77.9 Å². The number of thiocarbonyl (C=S) groups is 1. The molecule has 0 atom stereocenters. The first kappa shape index (κ1) is 16.6. The van der Waals surface area contributed by atoms with Gasteiger partial charge < -0.3 is 15.2 Å². The fourth-order valence-electron chi connectivity index (χ4n) is 2.39. The van der Waals surface area contributed by atoms with E-state index in [0.717, 1.165) is 10.8 Å². The molecule has 0 spiro atoms. The van der Waals surface area contributed by atoms with Gasteiger partial charge in [0.2, 0.25) is 0 Å². The largest absolute Gasteiger partial charge is 0.545 e. The Labute approximate surface area is 149 Å². The van der Waals surface area contributed by atoms with Gasteiger partial charge in [-0.25, -0.2) is 0 Å². The molecule has 5 nitrogen and oxygen atoms in total. The number of carboxylic acid groups (broad SMARTS) is 1. The summed E-state index contributed by atoms with van der Waals surface area (Å²) in [4.78, 5) is 23.2. The topological polar surface area (TPSA) is 81.3 Å². The molecule has 3 aromatic rings. The molecule has 0 saturated carbocycles. The number of rotatable bonds is 3. The molecule has 0 aliphatic carbocycles. The van der Waals surface area contributed by atoms with Crippen LogP contribution >= 0.6 is 12.2 Å². The Kier molecular flexibility index (Phi) is 4.72. The van der Waals surface area contributed by atoms with Crippen LogP contribution < -0.4 is 15.7 Å². The van der Waals surface area contributed by atoms with Gasteiger partial charge in [0.25, 0.3) is 5.91 Å². The van der Waals surface area contributed by atoms with Crippen LogP contribution in [0.1, 0.15) is 20.7 Å². The summed E-state index contributed by atoms with van der Waals surface area (Å²) in [7, 11) is 0. The monoisotopic (exact) mass is 349 g/mol. The summed E-state index contributed by atoms with van der Waals surface area (Å²) in [5.41, 5.74) is 0.950. The van der Waals surface area contributed by atoms with Crippen LogP contribution in [0.3, 0.4) is 0 Å². The molecule has 0 unspecified atom stereocenters. The van der Waals surface area contributed by atoms with Crippen molar-refractivity contribution in [3.8, 4) is 0 Å². The molecule has 0 heterocycles. The zero-order valence-corrected chi connectivity index (χ0v) is 13.8. The quantitative estimate of drug-likeness (QED) is 0.709. The van der Waals surface area contributed by atoms with E-state index < -0.39 is 5.97 Å². The summed E-state index contributed by atoms with van der Waals surface area (Å²) in [5.74, 6) is -1.63. The minimum atomic E-state index is -1.28. The van der Waals surface area contributed by atoms with Crippen molar-refractivity contribution in [2.45, 2.75) is 0 Å². The first-order chi connectivity index (χ1) is 12.0. The van der Waals surface area contributed by atoms with Crippen LogP contribution in [0.15, 0.2) is 66.7 Å². The predicted molar refractivity (Wildman–Crippen MR) is 98.4 cm³/mol. The summed E-state index contributed by atoms with van der Waals surface area (Å²) >= 11 is 5.11. The number of nitrogens with one attached hydrogen (secondary N) is 2. The molecular formula is C19H13N2O3S-. The smallest absolute Gasteiger partial charge is 0.257 e. The first-order valence-corrected chi connectivity index (χ1v) is 7.86. The molecule has 0 radical (unpaired) electrons. The van der Waals surface area contributed by atoms with Gasteiger partial charge in [-0.3, -0.25) is 10.1 Å². The summed E-state index contributed by atoms with van der Waals surface area (Å²) in [6.45, 7) is 0. The van der Waals surface area contributed by atoms with Crippen LogP contribution in [-0.4, -0.2) is 17.0 Å². The zero-order valence-electron chi connectivity index (χ0n) is 13.0. The number of carboxylic acids is 1. The molecule has 0 fully saturated rings. The molecule has 6 heteroatoms. The lowest BCUT2D eigenvalue weighted by atomic mass is 10.1. The third-order valence-corrected chi connectivity index (χ3v) is 3.80. The minimum absolute atomic E-state index is 0.0219. The average molecular weight is 349 g/mol. The highest BCUT2D eigenvalue weighted by Gasteiger charge is 2.09. The lowest BCUT2D eigenvalue weighted by molar-refractivity contribution is -0.255. The van der Waals surface area contributed by atoms with Gasteiger partial charge >= 0.3 is 0 Å². The lowest BCUT2D eigenvalue weighted by Gasteiger charge is -2.11. The van der Waals surface area contributed by atoms with E-state index in [9.17, 15) is 14.7 Å². The minimum Gasteiger partial charge on any atom is -0.545 e. The maximum atomic E-state index is 12.3. The van der Waals surface area contributed by atoms with Crippen molar-refractivity contribution in [1.29, 1.82) is 0 Å². The molecule has 3 rings (SSSR count). The Hall–Kier alpha value is -3.25. The number of carbonyl (C=O) groups excluding carboxylic acids is 2. The van der Waals surface area contributed by atoms with E-state index in [1.807, 2.05) is 30.3 Å². The number of fused-ring (bicyclic) bond motifs is 1. The van der Waals surface area contributed by atoms with Crippen molar-refractivity contribution in [1.82, 2.24) is 5.32 Å². The highest BCUT2D eigenvalue weighted by atomic mass is 32.1. The van der Waals surface area contributed by atoms with Gasteiger partial charge in [-0.2, -0.15) is 0 Å². The molecule has 2 N–H and O–H groups in total. The number of hydrogen-bond acceptors (Lipinski definition) is 4. The van der Waals surface area contributed by atoms with Crippen molar-refractivity contribution < 1.29 is 14.7 Å². The van der Waals surface area contributed by atoms with E-state index in [-0.39, 0.29) is 16.6 Å². The van der Waals surface area contributed by atoms with E-state index in [4.69, 9.17) is 12.2 Å². The number of anilines is 1. The Bertz CT molecular complexity index is 985. The van der Waals surface area contributed by atoms with Crippen LogP contribution in [0.25, 0.3) is 10.8 Å². The molecular weight excluding hydrogens is 336 g/mol. The molecule has 25 heavy (non-hydrogen) atoms. The van der Waals surface area contributed by atoms with E-state index in [2.05, 4.69) is 10.6 Å². The summed E-state index contributed by atoms with van der Waals surface area (Å²) in [6.07, 6.45) is 0. The molecule has 1 amide bonds. The van der Waals surface area contributed by atoms with Gasteiger partial charge in [0.1, 0.15) is 0 Å². The maximum Gasteiger partial charge on any atom is 0.257 e. The van der Waals surface area contributed by atoms with Crippen molar-refractivity contribution in [2.24, 2.45) is 0 Å². The second-order valence-electron chi connectivity index (χ2n) is 5.34. The number of benzene rings is 3. The maximum absolute atomic E-state index is 12.3. The summed E-state index contributed by atoms with van der Waals surface area (Å²) in [5, 5.41) is 18.3. The van der Waals surface area contributed by atoms with Gasteiger partial charge in [-0.05, 0) is 52.8 Å². The number of amides is 1.